The van der Waals surface area contributed by atoms with Crippen LogP contribution in [-0.4, -0.2) is 51.6 Å². The topological polar surface area (TPSA) is 78.3 Å². The molecule has 0 saturated carbocycles. The van der Waals surface area contributed by atoms with Gasteiger partial charge in [-0.15, -0.1) is 0 Å². The van der Waals surface area contributed by atoms with Crippen molar-refractivity contribution in [3.63, 3.8) is 0 Å². The lowest BCUT2D eigenvalue weighted by Crippen LogP contribution is -2.35. The highest BCUT2D eigenvalue weighted by Gasteiger charge is 2.14. The normalized spacial score (nSPS) is 12.4. The molecule has 1 atom stereocenters. The van der Waals surface area contributed by atoms with Crippen molar-refractivity contribution in [3.8, 4) is 0 Å². The first-order valence-electron chi connectivity index (χ1n) is 6.10. The molecule has 1 aromatic rings. The Morgan fingerprint density at radius 2 is 2.17 bits per heavy atom. The van der Waals surface area contributed by atoms with E-state index in [1.807, 2.05) is 6.92 Å². The van der Waals surface area contributed by atoms with E-state index in [2.05, 4.69) is 34.0 Å². The molecule has 1 unspecified atom stereocenters. The summed E-state index contributed by atoms with van der Waals surface area (Å²) >= 11 is 0. The van der Waals surface area contributed by atoms with Crippen molar-refractivity contribution < 1.29 is 9.90 Å². The molecule has 0 fully saturated rings. The highest BCUT2D eigenvalue weighted by atomic mass is 16.4. The molecular weight excluding hydrogens is 232 g/mol. The Hall–Kier alpha value is -1.69. The largest absolute Gasteiger partial charge is 0.477 e. The summed E-state index contributed by atoms with van der Waals surface area (Å²) in [6.45, 7) is 8.99. The molecule has 1 heterocycles. The molecule has 0 aromatic carbocycles. The molecule has 0 aliphatic rings. The molecule has 0 saturated heterocycles. The fraction of sp³-hybridized carbons (Fsp3) is 0.583. The van der Waals surface area contributed by atoms with Crippen LogP contribution in [0.2, 0.25) is 0 Å². The number of hydrogen-bond donors (Lipinski definition) is 2. The molecular formula is C12H20N4O2. The van der Waals surface area contributed by atoms with Gasteiger partial charge in [0.25, 0.3) is 0 Å². The maximum absolute atomic E-state index is 11.0. The first kappa shape index (κ1) is 14.4. The number of aromatic carboxylic acids is 1. The van der Waals surface area contributed by atoms with Gasteiger partial charge < -0.3 is 15.3 Å². The number of rotatable bonds is 7. The van der Waals surface area contributed by atoms with Gasteiger partial charge in [-0.25, -0.2) is 14.8 Å². The Bertz CT molecular complexity index is 393. The van der Waals surface area contributed by atoms with Crippen LogP contribution < -0.4 is 5.32 Å². The first-order chi connectivity index (χ1) is 8.58. The third-order valence-electron chi connectivity index (χ3n) is 2.75. The molecule has 18 heavy (non-hydrogen) atoms. The van der Waals surface area contributed by atoms with E-state index in [1.54, 1.807) is 0 Å². The zero-order chi connectivity index (χ0) is 13.5. The SMILES string of the molecule is CCN(CC)CC(C)Nc1ncncc1C(=O)O. The summed E-state index contributed by atoms with van der Waals surface area (Å²) < 4.78 is 0. The molecule has 2 N–H and O–H groups in total. The van der Waals surface area contributed by atoms with E-state index in [0.717, 1.165) is 19.6 Å². The van der Waals surface area contributed by atoms with E-state index in [0.29, 0.717) is 5.82 Å². The summed E-state index contributed by atoms with van der Waals surface area (Å²) in [6.07, 6.45) is 2.65. The van der Waals surface area contributed by atoms with E-state index >= 15 is 0 Å². The summed E-state index contributed by atoms with van der Waals surface area (Å²) in [5.41, 5.74) is 0.101. The molecule has 0 aliphatic heterocycles. The fourth-order valence-electron chi connectivity index (χ4n) is 1.75. The number of likely N-dealkylation sites (N-methyl/N-ethyl adjacent to an activating group) is 1. The summed E-state index contributed by atoms with van der Waals surface area (Å²) in [6, 6.07) is 0.123. The van der Waals surface area contributed by atoms with Gasteiger partial charge in [-0.1, -0.05) is 13.8 Å². The predicted octanol–water partition coefficient (Wildman–Crippen LogP) is 1.32. The molecule has 1 aromatic heterocycles. The summed E-state index contributed by atoms with van der Waals surface area (Å²) in [7, 11) is 0. The molecule has 6 nitrogen and oxygen atoms in total. The van der Waals surface area contributed by atoms with Gasteiger partial charge in [0.2, 0.25) is 0 Å². The number of anilines is 1. The molecule has 0 radical (unpaired) electrons. The third kappa shape index (κ3) is 3.96. The fourth-order valence-corrected chi connectivity index (χ4v) is 1.75. The number of hydrogen-bond acceptors (Lipinski definition) is 5. The molecule has 0 spiro atoms. The first-order valence-corrected chi connectivity index (χ1v) is 6.10. The van der Waals surface area contributed by atoms with Crippen molar-refractivity contribution in [1.82, 2.24) is 14.9 Å². The van der Waals surface area contributed by atoms with Crippen LogP contribution in [0.25, 0.3) is 0 Å². The molecule has 0 amide bonds. The minimum atomic E-state index is -1.02. The lowest BCUT2D eigenvalue weighted by molar-refractivity contribution is 0.0697. The van der Waals surface area contributed by atoms with E-state index in [9.17, 15) is 4.79 Å². The Kier molecular flexibility index (Phi) is 5.51. The van der Waals surface area contributed by atoms with Gasteiger partial charge in [0.05, 0.1) is 0 Å². The van der Waals surface area contributed by atoms with Crippen molar-refractivity contribution in [3.05, 3.63) is 18.1 Å². The standard InChI is InChI=1S/C12H20N4O2/c1-4-16(5-2)7-9(3)15-11-10(12(17)18)6-13-8-14-11/h6,8-9H,4-5,7H2,1-3H3,(H,17,18)(H,13,14,15). The molecule has 6 heteroatoms. The van der Waals surface area contributed by atoms with Crippen LogP contribution in [0.1, 0.15) is 31.1 Å². The maximum Gasteiger partial charge on any atom is 0.341 e. The molecule has 100 valence electrons. The van der Waals surface area contributed by atoms with Crippen LogP contribution in [0.5, 0.6) is 0 Å². The number of nitrogens with one attached hydrogen (secondary N) is 1. The lowest BCUT2D eigenvalue weighted by atomic mass is 10.2. The van der Waals surface area contributed by atoms with Crippen LogP contribution in [0.3, 0.4) is 0 Å². The van der Waals surface area contributed by atoms with Gasteiger partial charge in [0.1, 0.15) is 17.7 Å². The number of carboxylic acids is 1. The van der Waals surface area contributed by atoms with E-state index < -0.39 is 5.97 Å². The Labute approximate surface area is 107 Å². The van der Waals surface area contributed by atoms with Crippen molar-refractivity contribution in [2.24, 2.45) is 0 Å². The number of aromatic nitrogens is 2. The van der Waals surface area contributed by atoms with Gasteiger partial charge >= 0.3 is 5.97 Å². The Morgan fingerprint density at radius 3 is 2.72 bits per heavy atom. The van der Waals surface area contributed by atoms with Gasteiger partial charge in [-0.3, -0.25) is 0 Å². The number of carbonyl (C=O) groups is 1. The third-order valence-corrected chi connectivity index (χ3v) is 2.75. The van der Waals surface area contributed by atoms with Crippen LogP contribution in [0.4, 0.5) is 5.82 Å². The zero-order valence-corrected chi connectivity index (χ0v) is 11.1. The molecule has 0 bridgehead atoms. The van der Waals surface area contributed by atoms with Crippen molar-refractivity contribution >= 4 is 11.8 Å². The van der Waals surface area contributed by atoms with E-state index in [4.69, 9.17) is 5.11 Å². The molecule has 1 rings (SSSR count). The second-order valence-electron chi connectivity index (χ2n) is 4.12. The second kappa shape index (κ2) is 6.90. The van der Waals surface area contributed by atoms with Gasteiger partial charge in [-0.05, 0) is 20.0 Å². The van der Waals surface area contributed by atoms with Gasteiger partial charge in [0.15, 0.2) is 0 Å². The number of nitrogens with zero attached hydrogens (tertiary/aromatic N) is 3. The highest BCUT2D eigenvalue weighted by molar-refractivity contribution is 5.92. The Balaban J connectivity index is 2.69. The van der Waals surface area contributed by atoms with Crippen molar-refractivity contribution in [1.29, 1.82) is 0 Å². The van der Waals surface area contributed by atoms with Crippen LogP contribution in [-0.2, 0) is 0 Å². The Morgan fingerprint density at radius 1 is 1.50 bits per heavy atom. The van der Waals surface area contributed by atoms with E-state index in [-0.39, 0.29) is 11.6 Å². The maximum atomic E-state index is 11.0. The average Bonchev–Trinajstić information content (AvgIpc) is 2.36. The van der Waals surface area contributed by atoms with Crippen LogP contribution in [0.15, 0.2) is 12.5 Å². The predicted molar refractivity (Wildman–Crippen MR) is 69.9 cm³/mol. The van der Waals surface area contributed by atoms with Gasteiger partial charge in [0, 0.05) is 18.8 Å². The smallest absolute Gasteiger partial charge is 0.341 e. The van der Waals surface area contributed by atoms with Crippen LogP contribution in [0, 0.1) is 0 Å². The minimum absolute atomic E-state index is 0.101. The lowest BCUT2D eigenvalue weighted by Gasteiger charge is -2.24. The minimum Gasteiger partial charge on any atom is -0.477 e. The summed E-state index contributed by atoms with van der Waals surface area (Å²) in [5, 5.41) is 12.1. The number of carboxylic acid groups (broad SMARTS) is 1. The van der Waals surface area contributed by atoms with E-state index in [1.165, 1.54) is 12.5 Å². The average molecular weight is 252 g/mol. The second-order valence-corrected chi connectivity index (χ2v) is 4.12. The zero-order valence-electron chi connectivity index (χ0n) is 11.1. The monoisotopic (exact) mass is 252 g/mol. The highest BCUT2D eigenvalue weighted by Crippen LogP contribution is 2.11. The quantitative estimate of drug-likeness (QED) is 0.762. The van der Waals surface area contributed by atoms with Crippen LogP contribution >= 0.6 is 0 Å². The molecule has 0 aliphatic carbocycles. The summed E-state index contributed by atoms with van der Waals surface area (Å²) in [5.74, 6) is -0.648. The van der Waals surface area contributed by atoms with Crippen molar-refractivity contribution in [2.45, 2.75) is 26.8 Å². The van der Waals surface area contributed by atoms with Crippen molar-refractivity contribution in [2.75, 3.05) is 25.0 Å². The van der Waals surface area contributed by atoms with Gasteiger partial charge in [-0.2, -0.15) is 0 Å². The summed E-state index contributed by atoms with van der Waals surface area (Å²) in [4.78, 5) is 21.0.